The van der Waals surface area contributed by atoms with Crippen molar-refractivity contribution in [3.8, 4) is 0 Å². The molecule has 0 unspecified atom stereocenters. The second-order valence-corrected chi connectivity index (χ2v) is 4.26. The van der Waals surface area contributed by atoms with Gasteiger partial charge in [0.15, 0.2) is 0 Å². The largest absolute Gasteiger partial charge is 0.462 e. The molecule has 1 saturated carbocycles. The molecule has 94 valence electrons. The van der Waals surface area contributed by atoms with Crippen LogP contribution in [-0.4, -0.2) is 38.9 Å². The molecule has 4 nitrogen and oxygen atoms in total. The first-order valence-corrected chi connectivity index (χ1v) is 6.27. The highest BCUT2D eigenvalue weighted by atomic mass is 16.6. The highest BCUT2D eigenvalue weighted by molar-refractivity contribution is 5.71. The fourth-order valence-corrected chi connectivity index (χ4v) is 1.31. The Morgan fingerprint density at radius 2 is 2.12 bits per heavy atom. The lowest BCUT2D eigenvalue weighted by molar-refractivity contribution is -0.144. The summed E-state index contributed by atoms with van der Waals surface area (Å²) in [5.41, 5.74) is 0. The maximum atomic E-state index is 11.2. The molecule has 1 N–H and O–H groups in total. The molecular formula is C12H23NO3. The van der Waals surface area contributed by atoms with Crippen molar-refractivity contribution >= 4 is 5.97 Å². The number of esters is 1. The zero-order valence-electron chi connectivity index (χ0n) is 10.2. The molecule has 4 heteroatoms. The Bertz CT molecular complexity index is 193. The van der Waals surface area contributed by atoms with Gasteiger partial charge in [0.25, 0.3) is 0 Å². The lowest BCUT2D eigenvalue weighted by Crippen LogP contribution is -2.27. The van der Waals surface area contributed by atoms with Crippen LogP contribution in [0, 0.1) is 5.92 Å². The van der Waals surface area contributed by atoms with E-state index in [1.807, 2.05) is 0 Å². The summed E-state index contributed by atoms with van der Waals surface area (Å²) in [4.78, 5) is 11.2. The molecule has 1 fully saturated rings. The van der Waals surface area contributed by atoms with Crippen molar-refractivity contribution in [3.05, 3.63) is 0 Å². The lowest BCUT2D eigenvalue weighted by Gasteiger charge is -2.06. The highest BCUT2D eigenvalue weighted by Gasteiger charge is 2.20. The van der Waals surface area contributed by atoms with Gasteiger partial charge in [-0.05, 0) is 31.7 Å². The molecule has 0 bridgehead atoms. The Hall–Kier alpha value is -0.610. The summed E-state index contributed by atoms with van der Waals surface area (Å²) in [5, 5.41) is 3.09. The van der Waals surface area contributed by atoms with E-state index in [1.165, 1.54) is 12.8 Å². The maximum absolute atomic E-state index is 11.2. The normalized spacial score (nSPS) is 15.1. The molecule has 0 aromatic rings. The molecule has 0 aromatic carbocycles. The van der Waals surface area contributed by atoms with Crippen molar-refractivity contribution in [1.29, 1.82) is 0 Å². The molecule has 1 aliphatic rings. The van der Waals surface area contributed by atoms with E-state index >= 15 is 0 Å². The Balaban J connectivity index is 1.78. The summed E-state index contributed by atoms with van der Waals surface area (Å²) in [5.74, 6) is 0.616. The monoisotopic (exact) mass is 229 g/mol. The quantitative estimate of drug-likeness (QED) is 0.454. The summed E-state index contributed by atoms with van der Waals surface area (Å²) in [6.45, 7) is 5.03. The third-order valence-electron chi connectivity index (χ3n) is 2.53. The van der Waals surface area contributed by atoms with E-state index in [0.717, 1.165) is 31.9 Å². The smallest absolute Gasteiger partial charge is 0.320 e. The molecule has 0 heterocycles. The zero-order chi connectivity index (χ0) is 11.6. The summed E-state index contributed by atoms with van der Waals surface area (Å²) < 4.78 is 10.3. The van der Waals surface area contributed by atoms with E-state index in [-0.39, 0.29) is 5.97 Å². The Labute approximate surface area is 97.7 Å². The zero-order valence-corrected chi connectivity index (χ0v) is 10.2. The molecular weight excluding hydrogens is 206 g/mol. The van der Waals surface area contributed by atoms with Crippen LogP contribution < -0.4 is 5.32 Å². The van der Waals surface area contributed by atoms with Crippen LogP contribution in [0.5, 0.6) is 0 Å². The third-order valence-corrected chi connectivity index (χ3v) is 2.53. The second kappa shape index (κ2) is 8.53. The summed E-state index contributed by atoms with van der Waals surface area (Å²) in [7, 11) is 0. The van der Waals surface area contributed by atoms with Crippen molar-refractivity contribution in [1.82, 2.24) is 5.32 Å². The molecule has 16 heavy (non-hydrogen) atoms. The van der Waals surface area contributed by atoms with Gasteiger partial charge < -0.3 is 14.8 Å². The molecule has 1 aliphatic carbocycles. The fraction of sp³-hybridized carbons (Fsp3) is 0.917. The van der Waals surface area contributed by atoms with Gasteiger partial charge in [0.2, 0.25) is 0 Å². The second-order valence-electron chi connectivity index (χ2n) is 4.26. The van der Waals surface area contributed by atoms with E-state index in [2.05, 4.69) is 12.2 Å². The van der Waals surface area contributed by atoms with Crippen LogP contribution in [-0.2, 0) is 14.3 Å². The van der Waals surface area contributed by atoms with Crippen molar-refractivity contribution in [3.63, 3.8) is 0 Å². The SMILES string of the molecule is CCCCOCCOC(=O)CNCC1CC1. The van der Waals surface area contributed by atoms with Crippen LogP contribution in [0.1, 0.15) is 32.6 Å². The molecule has 0 saturated heterocycles. The van der Waals surface area contributed by atoms with E-state index < -0.39 is 0 Å². The van der Waals surface area contributed by atoms with Crippen molar-refractivity contribution in [2.24, 2.45) is 5.92 Å². The first kappa shape index (κ1) is 13.5. The van der Waals surface area contributed by atoms with E-state index in [0.29, 0.717) is 19.8 Å². The number of rotatable bonds is 10. The van der Waals surface area contributed by atoms with Crippen LogP contribution >= 0.6 is 0 Å². The highest BCUT2D eigenvalue weighted by Crippen LogP contribution is 2.27. The van der Waals surface area contributed by atoms with Crippen molar-refractivity contribution in [2.45, 2.75) is 32.6 Å². The van der Waals surface area contributed by atoms with Gasteiger partial charge in [0.05, 0.1) is 13.2 Å². The minimum atomic E-state index is -0.181. The Morgan fingerprint density at radius 3 is 2.81 bits per heavy atom. The van der Waals surface area contributed by atoms with Gasteiger partial charge in [-0.3, -0.25) is 4.79 Å². The van der Waals surface area contributed by atoms with E-state index in [1.54, 1.807) is 0 Å². The van der Waals surface area contributed by atoms with Gasteiger partial charge in [-0.2, -0.15) is 0 Å². The van der Waals surface area contributed by atoms with E-state index in [9.17, 15) is 4.79 Å². The topological polar surface area (TPSA) is 47.6 Å². The van der Waals surface area contributed by atoms with Crippen LogP contribution in [0.15, 0.2) is 0 Å². The van der Waals surface area contributed by atoms with Crippen molar-refractivity contribution in [2.75, 3.05) is 32.9 Å². The van der Waals surface area contributed by atoms with Crippen LogP contribution in [0.25, 0.3) is 0 Å². The van der Waals surface area contributed by atoms with Gasteiger partial charge >= 0.3 is 5.97 Å². The van der Waals surface area contributed by atoms with Gasteiger partial charge in [0.1, 0.15) is 6.61 Å². The van der Waals surface area contributed by atoms with E-state index in [4.69, 9.17) is 9.47 Å². The Morgan fingerprint density at radius 1 is 1.31 bits per heavy atom. The first-order chi connectivity index (χ1) is 7.83. The minimum Gasteiger partial charge on any atom is -0.462 e. The molecule has 0 aromatic heterocycles. The van der Waals surface area contributed by atoms with Gasteiger partial charge in [-0.1, -0.05) is 13.3 Å². The molecule has 0 spiro atoms. The summed E-state index contributed by atoms with van der Waals surface area (Å²) in [6.07, 6.45) is 4.79. The number of unbranched alkanes of at least 4 members (excludes halogenated alkanes) is 1. The van der Waals surface area contributed by atoms with Gasteiger partial charge in [-0.15, -0.1) is 0 Å². The fourth-order valence-electron chi connectivity index (χ4n) is 1.31. The predicted molar refractivity (Wildman–Crippen MR) is 62.3 cm³/mol. The van der Waals surface area contributed by atoms with Crippen LogP contribution in [0.2, 0.25) is 0 Å². The number of ether oxygens (including phenoxy) is 2. The van der Waals surface area contributed by atoms with Crippen molar-refractivity contribution < 1.29 is 14.3 Å². The number of carbonyl (C=O) groups excluding carboxylic acids is 1. The molecule has 1 rings (SSSR count). The minimum absolute atomic E-state index is 0.181. The van der Waals surface area contributed by atoms with Crippen LogP contribution in [0.3, 0.4) is 0 Å². The molecule has 0 aliphatic heterocycles. The number of nitrogens with one attached hydrogen (secondary N) is 1. The Kier molecular flexibility index (Phi) is 7.17. The summed E-state index contributed by atoms with van der Waals surface area (Å²) in [6, 6.07) is 0. The molecule has 0 amide bonds. The third kappa shape index (κ3) is 7.65. The molecule has 0 atom stereocenters. The summed E-state index contributed by atoms with van der Waals surface area (Å²) >= 11 is 0. The van der Waals surface area contributed by atoms with Gasteiger partial charge in [-0.25, -0.2) is 0 Å². The van der Waals surface area contributed by atoms with Crippen LogP contribution in [0.4, 0.5) is 0 Å². The number of hydrogen-bond acceptors (Lipinski definition) is 4. The molecule has 0 radical (unpaired) electrons. The average molecular weight is 229 g/mol. The average Bonchev–Trinajstić information content (AvgIpc) is 3.07. The standard InChI is InChI=1S/C12H23NO3/c1-2-3-6-15-7-8-16-12(14)10-13-9-11-4-5-11/h11,13H,2-10H2,1H3. The maximum Gasteiger partial charge on any atom is 0.320 e. The number of carbonyl (C=O) groups is 1. The first-order valence-electron chi connectivity index (χ1n) is 6.27. The lowest BCUT2D eigenvalue weighted by atomic mass is 10.4. The number of hydrogen-bond donors (Lipinski definition) is 1. The predicted octanol–water partition coefficient (Wildman–Crippen LogP) is 1.35. The van der Waals surface area contributed by atoms with Gasteiger partial charge in [0, 0.05) is 6.61 Å².